The second-order valence-electron chi connectivity index (χ2n) is 3.85. The van der Waals surface area contributed by atoms with Crippen LogP contribution in [0, 0.1) is 0 Å². The van der Waals surface area contributed by atoms with Crippen LogP contribution >= 0.6 is 11.8 Å². The Hall–Kier alpha value is -0.480. The Labute approximate surface area is 103 Å². The lowest BCUT2D eigenvalue weighted by Crippen LogP contribution is -2.07. The maximum atomic E-state index is 5.81. The summed E-state index contributed by atoms with van der Waals surface area (Å²) in [5, 5.41) is 4.67. The summed E-state index contributed by atoms with van der Waals surface area (Å²) in [5.41, 5.74) is 9.60. The minimum absolute atomic E-state index is 0.620. The molecule has 0 spiro atoms. The zero-order chi connectivity index (χ0) is 12.0. The highest BCUT2D eigenvalue weighted by Crippen LogP contribution is 2.16. The standard InChI is InChI=1S/C12H23N3S/c1-4-11-10(9-13)12(5-2)15(14-11)7-6-8-16-3/h4-9,13H2,1-3H3. The first-order valence-corrected chi connectivity index (χ1v) is 7.44. The number of hydrogen-bond acceptors (Lipinski definition) is 3. The van der Waals surface area contributed by atoms with Crippen LogP contribution in [0.5, 0.6) is 0 Å². The molecule has 0 amide bonds. The molecule has 0 bridgehead atoms. The molecular formula is C12H23N3S. The summed E-state index contributed by atoms with van der Waals surface area (Å²) in [6.45, 7) is 5.97. The third-order valence-corrected chi connectivity index (χ3v) is 3.54. The summed E-state index contributed by atoms with van der Waals surface area (Å²) in [5.74, 6) is 1.20. The van der Waals surface area contributed by atoms with Crippen molar-refractivity contribution >= 4 is 11.8 Å². The lowest BCUT2D eigenvalue weighted by Gasteiger charge is -2.06. The summed E-state index contributed by atoms with van der Waals surface area (Å²) in [6, 6.07) is 0. The molecule has 0 aliphatic carbocycles. The van der Waals surface area contributed by atoms with Gasteiger partial charge >= 0.3 is 0 Å². The van der Waals surface area contributed by atoms with Crippen molar-refractivity contribution in [3.63, 3.8) is 0 Å². The highest BCUT2D eigenvalue weighted by Gasteiger charge is 2.13. The highest BCUT2D eigenvalue weighted by molar-refractivity contribution is 7.98. The van der Waals surface area contributed by atoms with Gasteiger partial charge in [-0.1, -0.05) is 13.8 Å². The topological polar surface area (TPSA) is 43.8 Å². The Bertz CT molecular complexity index is 320. The number of aromatic nitrogens is 2. The Morgan fingerprint density at radius 1 is 1.31 bits per heavy atom. The van der Waals surface area contributed by atoms with E-state index in [1.54, 1.807) is 0 Å². The van der Waals surface area contributed by atoms with E-state index < -0.39 is 0 Å². The molecule has 0 aromatic carbocycles. The van der Waals surface area contributed by atoms with Crippen LogP contribution in [0.15, 0.2) is 0 Å². The maximum Gasteiger partial charge on any atom is 0.0669 e. The highest BCUT2D eigenvalue weighted by atomic mass is 32.2. The van der Waals surface area contributed by atoms with Crippen LogP contribution in [0.4, 0.5) is 0 Å². The van der Waals surface area contributed by atoms with E-state index in [1.165, 1.54) is 29.1 Å². The first-order valence-electron chi connectivity index (χ1n) is 6.04. The normalized spacial score (nSPS) is 11.0. The van der Waals surface area contributed by atoms with Gasteiger partial charge in [-0.2, -0.15) is 16.9 Å². The minimum atomic E-state index is 0.620. The van der Waals surface area contributed by atoms with Gasteiger partial charge in [-0.15, -0.1) is 0 Å². The maximum absolute atomic E-state index is 5.81. The van der Waals surface area contributed by atoms with E-state index in [4.69, 9.17) is 5.73 Å². The van der Waals surface area contributed by atoms with E-state index in [0.29, 0.717) is 6.54 Å². The molecule has 0 atom stereocenters. The largest absolute Gasteiger partial charge is 0.326 e. The van der Waals surface area contributed by atoms with Gasteiger partial charge in [0.1, 0.15) is 0 Å². The van der Waals surface area contributed by atoms with Crippen molar-refractivity contribution in [2.45, 2.75) is 46.2 Å². The molecule has 92 valence electrons. The third kappa shape index (κ3) is 3.01. The van der Waals surface area contributed by atoms with Crippen LogP contribution < -0.4 is 5.73 Å². The van der Waals surface area contributed by atoms with Crippen LogP contribution in [-0.4, -0.2) is 21.8 Å². The van der Waals surface area contributed by atoms with Crippen LogP contribution in [0.2, 0.25) is 0 Å². The van der Waals surface area contributed by atoms with E-state index in [1.807, 2.05) is 11.8 Å². The number of thioether (sulfide) groups is 1. The van der Waals surface area contributed by atoms with Crippen molar-refractivity contribution in [1.29, 1.82) is 0 Å². The molecule has 0 radical (unpaired) electrons. The molecule has 3 nitrogen and oxygen atoms in total. The molecule has 1 heterocycles. The Kier molecular flexibility index (Phi) is 5.91. The predicted octanol–water partition coefficient (Wildman–Crippen LogP) is 2.22. The molecule has 0 aliphatic rings. The zero-order valence-electron chi connectivity index (χ0n) is 10.6. The fourth-order valence-corrected chi connectivity index (χ4v) is 2.47. The van der Waals surface area contributed by atoms with Crippen molar-refractivity contribution in [2.75, 3.05) is 12.0 Å². The molecule has 1 aromatic heterocycles. The van der Waals surface area contributed by atoms with E-state index in [2.05, 4.69) is 29.9 Å². The average molecular weight is 241 g/mol. The lowest BCUT2D eigenvalue weighted by molar-refractivity contribution is 0.573. The summed E-state index contributed by atoms with van der Waals surface area (Å²) in [6.07, 6.45) is 5.34. The monoisotopic (exact) mass is 241 g/mol. The van der Waals surface area contributed by atoms with Gasteiger partial charge in [-0.25, -0.2) is 0 Å². The van der Waals surface area contributed by atoms with Crippen LogP contribution in [0.25, 0.3) is 0 Å². The van der Waals surface area contributed by atoms with Crippen molar-refractivity contribution in [3.05, 3.63) is 17.0 Å². The Balaban J connectivity index is 2.85. The van der Waals surface area contributed by atoms with Crippen molar-refractivity contribution < 1.29 is 0 Å². The third-order valence-electron chi connectivity index (χ3n) is 2.84. The summed E-state index contributed by atoms with van der Waals surface area (Å²) < 4.78 is 2.16. The van der Waals surface area contributed by atoms with Crippen LogP contribution in [-0.2, 0) is 25.9 Å². The van der Waals surface area contributed by atoms with Gasteiger partial charge in [0.05, 0.1) is 5.69 Å². The minimum Gasteiger partial charge on any atom is -0.326 e. The molecule has 1 rings (SSSR count). The number of rotatable bonds is 7. The lowest BCUT2D eigenvalue weighted by atomic mass is 10.1. The fourth-order valence-electron chi connectivity index (χ4n) is 2.05. The summed E-state index contributed by atoms with van der Waals surface area (Å²) in [7, 11) is 0. The van der Waals surface area contributed by atoms with Crippen LogP contribution in [0.3, 0.4) is 0 Å². The smallest absolute Gasteiger partial charge is 0.0669 e. The van der Waals surface area contributed by atoms with Gasteiger partial charge in [-0.05, 0) is 31.3 Å². The van der Waals surface area contributed by atoms with E-state index in [-0.39, 0.29) is 0 Å². The second kappa shape index (κ2) is 6.97. The quantitative estimate of drug-likeness (QED) is 0.744. The first kappa shape index (κ1) is 13.6. The van der Waals surface area contributed by atoms with Crippen LogP contribution in [0.1, 0.15) is 37.2 Å². The van der Waals surface area contributed by atoms with Crippen molar-refractivity contribution in [1.82, 2.24) is 9.78 Å². The van der Waals surface area contributed by atoms with E-state index >= 15 is 0 Å². The number of nitrogens with two attached hydrogens (primary N) is 1. The van der Waals surface area contributed by atoms with E-state index in [9.17, 15) is 0 Å². The molecule has 0 fully saturated rings. The Morgan fingerprint density at radius 2 is 2.06 bits per heavy atom. The van der Waals surface area contributed by atoms with Gasteiger partial charge in [-0.3, -0.25) is 4.68 Å². The molecule has 0 unspecified atom stereocenters. The number of hydrogen-bond donors (Lipinski definition) is 1. The molecule has 0 aliphatic heterocycles. The van der Waals surface area contributed by atoms with Gasteiger partial charge in [0.25, 0.3) is 0 Å². The molecule has 16 heavy (non-hydrogen) atoms. The summed E-state index contributed by atoms with van der Waals surface area (Å²) in [4.78, 5) is 0. The van der Waals surface area contributed by atoms with Gasteiger partial charge in [0, 0.05) is 24.3 Å². The van der Waals surface area contributed by atoms with E-state index in [0.717, 1.165) is 19.4 Å². The molecule has 0 saturated heterocycles. The zero-order valence-corrected chi connectivity index (χ0v) is 11.4. The fraction of sp³-hybridized carbons (Fsp3) is 0.750. The number of nitrogens with zero attached hydrogens (tertiary/aromatic N) is 2. The SMILES string of the molecule is CCc1nn(CCCSC)c(CC)c1CN. The summed E-state index contributed by atoms with van der Waals surface area (Å²) >= 11 is 1.89. The van der Waals surface area contributed by atoms with Gasteiger partial charge in [0.2, 0.25) is 0 Å². The van der Waals surface area contributed by atoms with Gasteiger partial charge < -0.3 is 5.73 Å². The van der Waals surface area contributed by atoms with Gasteiger partial charge in [0.15, 0.2) is 0 Å². The molecule has 4 heteroatoms. The molecule has 0 saturated carbocycles. The predicted molar refractivity (Wildman–Crippen MR) is 71.9 cm³/mol. The Morgan fingerprint density at radius 3 is 2.56 bits per heavy atom. The molecular weight excluding hydrogens is 218 g/mol. The van der Waals surface area contributed by atoms with Crippen molar-refractivity contribution in [3.8, 4) is 0 Å². The second-order valence-corrected chi connectivity index (χ2v) is 4.84. The molecule has 2 N–H and O–H groups in total. The van der Waals surface area contributed by atoms with Crippen molar-refractivity contribution in [2.24, 2.45) is 5.73 Å². The average Bonchev–Trinajstić information content (AvgIpc) is 2.66. The molecule has 1 aromatic rings. The first-order chi connectivity index (χ1) is 7.78. The number of aryl methyl sites for hydroxylation is 2.